The molecule has 0 atom stereocenters. The Balaban J connectivity index is 1.56. The molecule has 3 rings (SSSR count). The zero-order valence-corrected chi connectivity index (χ0v) is 15.4. The van der Waals surface area contributed by atoms with Crippen LogP contribution < -0.4 is 0 Å². The summed E-state index contributed by atoms with van der Waals surface area (Å²) >= 11 is 0. The number of likely N-dealkylation sites (tertiary alicyclic amines) is 1. The number of sulfonamides is 1. The molecule has 0 saturated carbocycles. The molecule has 25 heavy (non-hydrogen) atoms. The van der Waals surface area contributed by atoms with Crippen molar-refractivity contribution in [2.45, 2.75) is 25.7 Å². The molecule has 0 amide bonds. The molecule has 1 fully saturated rings. The molecule has 0 radical (unpaired) electrons. The molecular weight excluding hydrogens is 338 g/mol. The maximum atomic E-state index is 11.9. The summed E-state index contributed by atoms with van der Waals surface area (Å²) in [6, 6.07) is 7.97. The predicted molar refractivity (Wildman–Crippen MR) is 98.8 cm³/mol. The topological polar surface area (TPSA) is 66.7 Å². The zero-order valence-electron chi connectivity index (χ0n) is 14.6. The third-order valence-corrected chi connectivity index (χ3v) is 6.55. The highest BCUT2D eigenvalue weighted by Crippen LogP contribution is 2.32. The normalized spacial score (nSPS) is 17.4. The van der Waals surface area contributed by atoms with Crippen molar-refractivity contribution in [3.8, 4) is 0 Å². The number of para-hydroxylation sites is 1. The molecular formula is C18H25N3O3S. The molecule has 1 saturated heterocycles. The van der Waals surface area contributed by atoms with Crippen LogP contribution in [0, 0.1) is 0 Å². The highest BCUT2D eigenvalue weighted by molar-refractivity contribution is 7.92. The first kappa shape index (κ1) is 18.1. The SMILES string of the molecule is C=CS(=O)(=O)N(CC)CCN1CCC(c2noc3ccccc23)CC1. The quantitative estimate of drug-likeness (QED) is 0.757. The van der Waals surface area contributed by atoms with Gasteiger partial charge in [-0.3, -0.25) is 0 Å². The summed E-state index contributed by atoms with van der Waals surface area (Å²) in [5.41, 5.74) is 1.90. The van der Waals surface area contributed by atoms with Crippen molar-refractivity contribution in [1.82, 2.24) is 14.4 Å². The lowest BCUT2D eigenvalue weighted by Gasteiger charge is -2.32. The third-order valence-electron chi connectivity index (χ3n) is 4.97. The number of benzene rings is 1. The molecule has 2 aromatic rings. The first-order valence-corrected chi connectivity index (χ1v) is 10.2. The van der Waals surface area contributed by atoms with Crippen molar-refractivity contribution in [2.24, 2.45) is 0 Å². The molecule has 1 aliphatic rings. The van der Waals surface area contributed by atoms with Gasteiger partial charge in [0, 0.05) is 36.3 Å². The average molecular weight is 363 g/mol. The fraction of sp³-hybridized carbons (Fsp3) is 0.500. The second-order valence-electron chi connectivity index (χ2n) is 6.38. The number of hydrogen-bond donors (Lipinski definition) is 0. The van der Waals surface area contributed by atoms with E-state index in [0.29, 0.717) is 19.0 Å². The van der Waals surface area contributed by atoms with Gasteiger partial charge in [0.2, 0.25) is 10.0 Å². The molecule has 6 nitrogen and oxygen atoms in total. The second kappa shape index (κ2) is 7.68. The van der Waals surface area contributed by atoms with Gasteiger partial charge in [-0.15, -0.1) is 0 Å². The molecule has 0 spiro atoms. The maximum Gasteiger partial charge on any atom is 0.235 e. The van der Waals surface area contributed by atoms with Crippen LogP contribution in [0.1, 0.15) is 31.4 Å². The summed E-state index contributed by atoms with van der Waals surface area (Å²) in [5.74, 6) is 0.402. The van der Waals surface area contributed by atoms with Gasteiger partial charge in [0.25, 0.3) is 0 Å². The molecule has 0 bridgehead atoms. The van der Waals surface area contributed by atoms with Crippen LogP contribution >= 0.6 is 0 Å². The largest absolute Gasteiger partial charge is 0.356 e. The number of hydrogen-bond acceptors (Lipinski definition) is 5. The van der Waals surface area contributed by atoms with Crippen molar-refractivity contribution in [2.75, 3.05) is 32.7 Å². The maximum absolute atomic E-state index is 11.9. The van der Waals surface area contributed by atoms with Crippen LogP contribution in [0.4, 0.5) is 0 Å². The minimum absolute atomic E-state index is 0.402. The molecule has 1 aliphatic heterocycles. The first-order valence-electron chi connectivity index (χ1n) is 8.74. The smallest absolute Gasteiger partial charge is 0.235 e. The fourth-order valence-corrected chi connectivity index (χ4v) is 4.36. The molecule has 1 aromatic heterocycles. The second-order valence-corrected chi connectivity index (χ2v) is 8.26. The summed E-state index contributed by atoms with van der Waals surface area (Å²) in [5, 5.41) is 6.42. The highest BCUT2D eigenvalue weighted by atomic mass is 32.2. The molecule has 7 heteroatoms. The van der Waals surface area contributed by atoms with E-state index in [1.807, 2.05) is 25.1 Å². The molecule has 0 N–H and O–H groups in total. The standard InChI is InChI=1S/C18H25N3O3S/c1-3-21(25(22,23)4-2)14-13-20-11-9-15(10-12-20)18-16-7-5-6-8-17(16)24-19-18/h4-8,15H,2-3,9-14H2,1H3. The van der Waals surface area contributed by atoms with Crippen molar-refractivity contribution in [1.29, 1.82) is 0 Å². The van der Waals surface area contributed by atoms with Gasteiger partial charge >= 0.3 is 0 Å². The van der Waals surface area contributed by atoms with E-state index in [9.17, 15) is 8.42 Å². The Kier molecular flexibility index (Phi) is 5.56. The minimum Gasteiger partial charge on any atom is -0.356 e. The number of piperidine rings is 1. The fourth-order valence-electron chi connectivity index (χ4n) is 3.45. The van der Waals surface area contributed by atoms with E-state index >= 15 is 0 Å². The van der Waals surface area contributed by atoms with E-state index in [0.717, 1.165) is 54.5 Å². The number of likely N-dealkylation sites (N-methyl/N-ethyl adjacent to an activating group) is 1. The summed E-state index contributed by atoms with van der Waals surface area (Å²) in [6.45, 7) is 8.85. The summed E-state index contributed by atoms with van der Waals surface area (Å²) in [7, 11) is -3.33. The van der Waals surface area contributed by atoms with Crippen molar-refractivity contribution in [3.63, 3.8) is 0 Å². The lowest BCUT2D eigenvalue weighted by atomic mass is 9.91. The Morgan fingerprint density at radius 3 is 2.76 bits per heavy atom. The Bertz CT molecular complexity index is 823. The van der Waals surface area contributed by atoms with Crippen molar-refractivity contribution in [3.05, 3.63) is 41.9 Å². The van der Waals surface area contributed by atoms with Crippen LogP contribution in [0.3, 0.4) is 0 Å². The molecule has 0 unspecified atom stereocenters. The molecule has 1 aromatic carbocycles. The molecule has 0 aliphatic carbocycles. The van der Waals surface area contributed by atoms with Crippen LogP contribution in [0.15, 0.2) is 40.8 Å². The van der Waals surface area contributed by atoms with Crippen LogP contribution in [-0.4, -0.2) is 55.5 Å². The zero-order chi connectivity index (χ0) is 17.9. The Labute approximate surface area is 149 Å². The van der Waals surface area contributed by atoms with Crippen molar-refractivity contribution >= 4 is 21.0 Å². The minimum atomic E-state index is -3.33. The van der Waals surface area contributed by atoms with Crippen LogP contribution in [0.25, 0.3) is 11.0 Å². The molecule has 136 valence electrons. The van der Waals surface area contributed by atoms with E-state index in [1.54, 1.807) is 0 Å². The van der Waals surface area contributed by atoms with Gasteiger partial charge in [-0.05, 0) is 38.1 Å². The summed E-state index contributed by atoms with van der Waals surface area (Å²) < 4.78 is 30.7. The number of rotatable bonds is 7. The lowest BCUT2D eigenvalue weighted by Crippen LogP contribution is -2.40. The van der Waals surface area contributed by atoms with E-state index in [4.69, 9.17) is 4.52 Å². The van der Waals surface area contributed by atoms with Gasteiger partial charge < -0.3 is 9.42 Å². The lowest BCUT2D eigenvalue weighted by molar-refractivity contribution is 0.198. The predicted octanol–water partition coefficient (Wildman–Crippen LogP) is 2.80. The van der Waals surface area contributed by atoms with Gasteiger partial charge in [0.1, 0.15) is 0 Å². The third kappa shape index (κ3) is 3.94. The van der Waals surface area contributed by atoms with Gasteiger partial charge in [0.05, 0.1) is 5.69 Å². The van der Waals surface area contributed by atoms with Crippen LogP contribution in [0.2, 0.25) is 0 Å². The first-order chi connectivity index (χ1) is 12.0. The van der Waals surface area contributed by atoms with Crippen molar-refractivity contribution < 1.29 is 12.9 Å². The Morgan fingerprint density at radius 2 is 2.08 bits per heavy atom. The summed E-state index contributed by atoms with van der Waals surface area (Å²) in [4.78, 5) is 2.32. The van der Waals surface area contributed by atoms with E-state index in [2.05, 4.69) is 22.7 Å². The van der Waals surface area contributed by atoms with E-state index in [1.165, 1.54) is 4.31 Å². The number of aromatic nitrogens is 1. The van der Waals surface area contributed by atoms with Gasteiger partial charge in [-0.25, -0.2) is 8.42 Å². The summed E-state index contributed by atoms with van der Waals surface area (Å²) in [6.07, 6.45) is 2.02. The number of nitrogens with zero attached hydrogens (tertiary/aromatic N) is 3. The Hall–Kier alpha value is -1.70. The van der Waals surface area contributed by atoms with Crippen LogP contribution in [0.5, 0.6) is 0 Å². The molecule has 2 heterocycles. The van der Waals surface area contributed by atoms with Crippen LogP contribution in [-0.2, 0) is 10.0 Å². The van der Waals surface area contributed by atoms with Gasteiger partial charge in [-0.2, -0.15) is 4.31 Å². The van der Waals surface area contributed by atoms with Gasteiger partial charge in [0.15, 0.2) is 5.58 Å². The van der Waals surface area contributed by atoms with E-state index < -0.39 is 10.0 Å². The highest BCUT2D eigenvalue weighted by Gasteiger charge is 2.25. The monoisotopic (exact) mass is 363 g/mol. The van der Waals surface area contributed by atoms with E-state index in [-0.39, 0.29) is 0 Å². The van der Waals surface area contributed by atoms with Gasteiger partial charge in [-0.1, -0.05) is 30.8 Å². The Morgan fingerprint density at radius 1 is 1.36 bits per heavy atom. The number of fused-ring (bicyclic) bond motifs is 1. The average Bonchev–Trinajstić information content (AvgIpc) is 3.07.